The molecule has 1 N–H and O–H groups in total. The second-order valence-corrected chi connectivity index (χ2v) is 9.85. The molecule has 0 aliphatic rings. The van der Waals surface area contributed by atoms with Crippen LogP contribution in [0.5, 0.6) is 0 Å². The Morgan fingerprint density at radius 3 is 2.59 bits per heavy atom. The first kappa shape index (κ1) is 21.5. The summed E-state index contributed by atoms with van der Waals surface area (Å²) in [4.78, 5) is 12.5. The van der Waals surface area contributed by atoms with Gasteiger partial charge in [0.2, 0.25) is 11.0 Å². The molecule has 3 rings (SSSR count). The lowest BCUT2D eigenvalue weighted by Gasteiger charge is -2.24. The zero-order chi connectivity index (χ0) is 21.0. The lowest BCUT2D eigenvalue weighted by molar-refractivity contribution is -0.114. The van der Waals surface area contributed by atoms with Crippen molar-refractivity contribution < 1.29 is 17.6 Å². The van der Waals surface area contributed by atoms with Crippen molar-refractivity contribution in [1.82, 2.24) is 10.2 Å². The SMILES string of the molecule is CSc1nnc(NC(=O)CN(c2ccc(F)c(Cl)c2)S(=O)(=O)c2ccccc2)s1. The average Bonchev–Trinajstić information content (AvgIpc) is 3.16. The van der Waals surface area contributed by atoms with E-state index in [0.29, 0.717) is 4.34 Å². The van der Waals surface area contributed by atoms with Gasteiger partial charge in [-0.05, 0) is 36.6 Å². The molecule has 0 fully saturated rings. The Kier molecular flexibility index (Phi) is 6.73. The monoisotopic (exact) mass is 472 g/mol. The number of anilines is 2. The Labute approximate surface area is 180 Å². The molecular formula is C17H14ClFN4O3S3. The van der Waals surface area contributed by atoms with Gasteiger partial charge in [-0.2, -0.15) is 0 Å². The van der Waals surface area contributed by atoms with Gasteiger partial charge in [0.25, 0.3) is 10.0 Å². The predicted molar refractivity (Wildman–Crippen MR) is 113 cm³/mol. The highest BCUT2D eigenvalue weighted by atomic mass is 35.5. The van der Waals surface area contributed by atoms with Crippen LogP contribution in [-0.2, 0) is 14.8 Å². The lowest BCUT2D eigenvalue weighted by atomic mass is 10.3. The van der Waals surface area contributed by atoms with Gasteiger partial charge in [0, 0.05) is 0 Å². The Morgan fingerprint density at radius 1 is 1.24 bits per heavy atom. The van der Waals surface area contributed by atoms with E-state index in [0.717, 1.165) is 27.8 Å². The van der Waals surface area contributed by atoms with E-state index < -0.39 is 28.3 Å². The number of thioether (sulfide) groups is 1. The first-order valence-corrected chi connectivity index (χ1v) is 11.9. The van der Waals surface area contributed by atoms with Gasteiger partial charge in [-0.25, -0.2) is 12.8 Å². The van der Waals surface area contributed by atoms with Crippen LogP contribution in [0.3, 0.4) is 0 Å². The summed E-state index contributed by atoms with van der Waals surface area (Å²) in [6, 6.07) is 11.0. The minimum absolute atomic E-state index is 0.0196. The van der Waals surface area contributed by atoms with Crippen molar-refractivity contribution in [3.05, 3.63) is 59.4 Å². The van der Waals surface area contributed by atoms with Gasteiger partial charge < -0.3 is 0 Å². The lowest BCUT2D eigenvalue weighted by Crippen LogP contribution is -2.38. The summed E-state index contributed by atoms with van der Waals surface area (Å²) >= 11 is 8.35. The molecule has 0 aliphatic heterocycles. The minimum Gasteiger partial charge on any atom is -0.299 e. The topological polar surface area (TPSA) is 92.3 Å². The van der Waals surface area contributed by atoms with Crippen LogP contribution in [0.15, 0.2) is 57.8 Å². The number of nitrogens with zero attached hydrogens (tertiary/aromatic N) is 3. The van der Waals surface area contributed by atoms with E-state index in [1.165, 1.54) is 30.0 Å². The fourth-order valence-electron chi connectivity index (χ4n) is 2.31. The molecule has 7 nitrogen and oxygen atoms in total. The van der Waals surface area contributed by atoms with E-state index in [4.69, 9.17) is 11.6 Å². The van der Waals surface area contributed by atoms with Crippen molar-refractivity contribution in [3.63, 3.8) is 0 Å². The first-order valence-electron chi connectivity index (χ1n) is 8.01. The molecule has 0 saturated heterocycles. The molecule has 0 spiro atoms. The smallest absolute Gasteiger partial charge is 0.264 e. The van der Waals surface area contributed by atoms with Gasteiger partial charge in [0.1, 0.15) is 12.4 Å². The molecule has 1 aromatic heterocycles. The van der Waals surface area contributed by atoms with Crippen LogP contribution < -0.4 is 9.62 Å². The standard InChI is InChI=1S/C17H14ClFN4O3S3/c1-27-17-22-21-16(28-17)20-15(24)10-23(11-7-8-14(19)13(18)9-11)29(25,26)12-5-3-2-4-6-12/h2-9H,10H2,1H3,(H,20,21,24). The third-order valence-corrected chi connectivity index (χ3v) is 7.53. The van der Waals surface area contributed by atoms with Crippen LogP contribution in [-0.4, -0.2) is 37.3 Å². The van der Waals surface area contributed by atoms with Gasteiger partial charge >= 0.3 is 0 Å². The van der Waals surface area contributed by atoms with Gasteiger partial charge in [-0.15, -0.1) is 10.2 Å². The highest BCUT2D eigenvalue weighted by Crippen LogP contribution is 2.28. The predicted octanol–water partition coefficient (Wildman–Crippen LogP) is 3.89. The summed E-state index contributed by atoms with van der Waals surface area (Å²) in [5, 5.41) is 10.2. The molecule has 3 aromatic rings. The third-order valence-electron chi connectivity index (χ3n) is 3.64. The highest BCUT2D eigenvalue weighted by Gasteiger charge is 2.28. The number of carbonyl (C=O) groups is 1. The van der Waals surface area contributed by atoms with Crippen LogP contribution >= 0.6 is 34.7 Å². The Balaban J connectivity index is 1.94. The van der Waals surface area contributed by atoms with E-state index >= 15 is 0 Å². The first-order chi connectivity index (χ1) is 13.8. The van der Waals surface area contributed by atoms with E-state index in [1.54, 1.807) is 18.2 Å². The maximum atomic E-state index is 13.6. The highest BCUT2D eigenvalue weighted by molar-refractivity contribution is 8.00. The second-order valence-electron chi connectivity index (χ2n) is 5.55. The molecule has 0 unspecified atom stereocenters. The summed E-state index contributed by atoms with van der Waals surface area (Å²) in [7, 11) is -4.12. The molecule has 0 bridgehead atoms. The number of rotatable bonds is 7. The molecule has 0 radical (unpaired) electrons. The van der Waals surface area contributed by atoms with Gasteiger partial charge in [0.15, 0.2) is 4.34 Å². The summed E-state index contributed by atoms with van der Waals surface area (Å²) in [5.41, 5.74) is 0.0532. The third kappa shape index (κ3) is 5.04. The number of aromatic nitrogens is 2. The fraction of sp³-hybridized carbons (Fsp3) is 0.118. The number of amides is 1. The van der Waals surface area contributed by atoms with Crippen molar-refractivity contribution in [2.45, 2.75) is 9.24 Å². The quantitative estimate of drug-likeness (QED) is 0.414. The Bertz CT molecular complexity index is 1130. The molecule has 0 atom stereocenters. The van der Waals surface area contributed by atoms with Crippen molar-refractivity contribution in [3.8, 4) is 0 Å². The minimum atomic E-state index is -4.12. The zero-order valence-electron chi connectivity index (χ0n) is 14.9. The second kappa shape index (κ2) is 9.08. The van der Waals surface area contributed by atoms with Crippen LogP contribution in [0.1, 0.15) is 0 Å². The Morgan fingerprint density at radius 2 is 1.97 bits per heavy atom. The van der Waals surface area contributed by atoms with Crippen LogP contribution in [0.4, 0.5) is 15.2 Å². The molecule has 1 amide bonds. The van der Waals surface area contributed by atoms with Crippen LogP contribution in [0, 0.1) is 5.82 Å². The molecule has 12 heteroatoms. The summed E-state index contributed by atoms with van der Waals surface area (Å²) in [5.74, 6) is -1.33. The molecule has 0 saturated carbocycles. The normalized spacial score (nSPS) is 11.3. The molecule has 2 aromatic carbocycles. The van der Waals surface area contributed by atoms with E-state index in [-0.39, 0.29) is 20.7 Å². The molecule has 1 heterocycles. The molecular weight excluding hydrogens is 459 g/mol. The number of carbonyl (C=O) groups excluding carboxylic acids is 1. The van der Waals surface area contributed by atoms with E-state index in [9.17, 15) is 17.6 Å². The summed E-state index contributed by atoms with van der Waals surface area (Å²) < 4.78 is 41.4. The van der Waals surface area contributed by atoms with Crippen molar-refractivity contribution in [2.75, 3.05) is 22.4 Å². The van der Waals surface area contributed by atoms with Crippen molar-refractivity contribution in [2.24, 2.45) is 0 Å². The fourth-order valence-corrected chi connectivity index (χ4v) is 5.10. The van der Waals surface area contributed by atoms with Crippen LogP contribution in [0.2, 0.25) is 5.02 Å². The maximum absolute atomic E-state index is 13.6. The summed E-state index contributed by atoms with van der Waals surface area (Å²) in [6.07, 6.45) is 1.82. The van der Waals surface area contributed by atoms with Crippen molar-refractivity contribution in [1.29, 1.82) is 0 Å². The van der Waals surface area contributed by atoms with E-state index in [1.807, 2.05) is 6.26 Å². The van der Waals surface area contributed by atoms with Gasteiger partial charge in [0.05, 0.1) is 15.6 Å². The van der Waals surface area contributed by atoms with Crippen LogP contribution in [0.25, 0.3) is 0 Å². The number of halogens is 2. The number of hydrogen-bond acceptors (Lipinski definition) is 7. The molecule has 152 valence electrons. The Hall–Kier alpha value is -2.21. The van der Waals surface area contributed by atoms with Crippen molar-refractivity contribution >= 4 is 61.4 Å². The number of benzene rings is 2. The van der Waals surface area contributed by atoms with E-state index in [2.05, 4.69) is 15.5 Å². The van der Waals surface area contributed by atoms with Gasteiger partial charge in [-0.1, -0.05) is 52.9 Å². The molecule has 0 aliphatic carbocycles. The largest absolute Gasteiger partial charge is 0.299 e. The van der Waals surface area contributed by atoms with Gasteiger partial charge in [-0.3, -0.25) is 14.4 Å². The number of hydrogen-bond donors (Lipinski definition) is 1. The maximum Gasteiger partial charge on any atom is 0.264 e. The average molecular weight is 473 g/mol. The number of nitrogens with one attached hydrogen (secondary N) is 1. The number of sulfonamides is 1. The zero-order valence-corrected chi connectivity index (χ0v) is 18.1. The molecule has 29 heavy (non-hydrogen) atoms. The summed E-state index contributed by atoms with van der Waals surface area (Å²) in [6.45, 7) is -0.562.